The highest BCUT2D eigenvalue weighted by Crippen LogP contribution is 2.51. The van der Waals surface area contributed by atoms with Crippen molar-refractivity contribution in [1.82, 2.24) is 39.0 Å². The Morgan fingerprint density at radius 1 is 0.243 bits per heavy atom. The van der Waals surface area contributed by atoms with Crippen molar-refractivity contribution in [3.63, 3.8) is 0 Å². The lowest BCUT2D eigenvalue weighted by Gasteiger charge is -2.19. The molecule has 0 radical (unpaired) electrons. The lowest BCUT2D eigenvalue weighted by Crippen LogP contribution is -2.05. The van der Waals surface area contributed by atoms with Crippen molar-refractivity contribution in [2.45, 2.75) is 19.3 Å². The predicted molar refractivity (Wildman–Crippen MR) is 446 cm³/mol. The average Bonchev–Trinajstić information content (AvgIpc) is 1.59. The largest absolute Gasteiger partial charge is 0.456 e. The lowest BCUT2D eigenvalue weighted by atomic mass is 9.88. The molecule has 0 amide bonds. The van der Waals surface area contributed by atoms with Crippen molar-refractivity contribution in [2.24, 2.45) is 0 Å². The maximum Gasteiger partial charge on any atom is 0.416 e. The number of rotatable bonds is 12. The molecule has 0 spiro atoms. The third-order valence-corrected chi connectivity index (χ3v) is 21.9. The number of furan rings is 2. The number of halogens is 6. The molecule has 0 aliphatic rings. The number of benzene rings is 15. The second-order valence-corrected chi connectivity index (χ2v) is 28.7. The molecule has 115 heavy (non-hydrogen) atoms. The summed E-state index contributed by atoms with van der Waals surface area (Å²) in [5, 5.41) is 5.43. The summed E-state index contributed by atoms with van der Waals surface area (Å²) in [5.41, 5.74) is 16.3. The molecule has 0 unspecified atom stereocenters. The Hall–Kier alpha value is -14.9. The highest BCUT2D eigenvalue weighted by Gasteiger charge is 2.35. The number of alkyl halides is 6. The van der Waals surface area contributed by atoms with E-state index in [9.17, 15) is 26.3 Å². The zero-order valence-corrected chi connectivity index (χ0v) is 60.9. The predicted octanol–water partition coefficient (Wildman–Crippen LogP) is 27.1. The van der Waals surface area contributed by atoms with Crippen LogP contribution >= 0.6 is 0 Å². The van der Waals surface area contributed by atoms with Gasteiger partial charge in [0.1, 0.15) is 22.3 Å². The molecule has 21 aromatic rings. The molecule has 0 saturated carbocycles. The molecule has 16 heteroatoms. The zero-order chi connectivity index (χ0) is 77.4. The van der Waals surface area contributed by atoms with E-state index in [-0.39, 0.29) is 27.6 Å². The topological polar surface area (TPSA) is 113 Å². The van der Waals surface area contributed by atoms with Gasteiger partial charge in [0.05, 0.1) is 44.6 Å². The smallest absolute Gasteiger partial charge is 0.416 e. The summed E-state index contributed by atoms with van der Waals surface area (Å²) in [4.78, 5) is 31.6. The van der Waals surface area contributed by atoms with Gasteiger partial charge in [-0.3, -0.25) is 0 Å². The van der Waals surface area contributed by atoms with Gasteiger partial charge in [-0.05, 0) is 155 Å². The Bertz CT molecular complexity index is 7330. The Morgan fingerprint density at radius 2 is 0.635 bits per heavy atom. The summed E-state index contributed by atoms with van der Waals surface area (Å²) in [6.07, 6.45) is -9.63. The first-order valence-corrected chi connectivity index (χ1v) is 37.4. The summed E-state index contributed by atoms with van der Waals surface area (Å²) in [7, 11) is 0. The number of aromatic nitrogens is 8. The van der Waals surface area contributed by atoms with E-state index in [1.54, 1.807) is 4.57 Å². The van der Waals surface area contributed by atoms with Crippen LogP contribution in [0.2, 0.25) is 0 Å². The van der Waals surface area contributed by atoms with Crippen molar-refractivity contribution < 1.29 is 35.2 Å². The van der Waals surface area contributed by atoms with Crippen molar-refractivity contribution in [1.29, 1.82) is 0 Å². The second kappa shape index (κ2) is 26.7. The minimum Gasteiger partial charge on any atom is -0.456 e. The Labute approximate surface area is 651 Å². The molecule has 6 aromatic heterocycles. The van der Waals surface area contributed by atoms with Gasteiger partial charge >= 0.3 is 12.4 Å². The molecule has 0 aliphatic carbocycles. The first kappa shape index (κ1) is 68.2. The molecular weight excluding hydrogens is 1450 g/mol. The number of aryl methyl sites for hydroxylation is 1. The van der Waals surface area contributed by atoms with Crippen molar-refractivity contribution in [3.05, 3.63) is 350 Å². The minimum absolute atomic E-state index is 0.0331. The second-order valence-electron chi connectivity index (χ2n) is 28.7. The zero-order valence-electron chi connectivity index (χ0n) is 60.9. The van der Waals surface area contributed by atoms with Crippen LogP contribution in [0.1, 0.15) is 16.7 Å². The molecule has 10 nitrogen and oxygen atoms in total. The fourth-order valence-corrected chi connectivity index (χ4v) is 16.5. The molecule has 6 heterocycles. The molecule has 0 atom stereocenters. The standard InChI is InChI=1S/C99H58F6N8O2/c1-57-23-14-15-32-66(57)74-56-85-77(69-33-16-19-37-80(69)113(85)84-48-41-62(67-36-22-40-88-89(67)71-34-17-20-38-86(71)114-88)51-79(84)97-110-94(60-28-10-4-11-29-60)107-95(111-97)61-30-12-5-13-31-61)55-73(74)70-46-45-68(90-72-35-18-21-39-87(72)115-91(70)90)63-42-47-83(78(52-63)96-108-92(58-24-6-2-7-25-58)106-93(109-96)59-26-8-3-9-27-59)112-81-49-43-64(98(100,101)102)53-75(81)76-54-65(99(103,104)105)44-50-82(76)112/h2-56H,1H3. The lowest BCUT2D eigenvalue weighted by molar-refractivity contribution is -0.138. The van der Waals surface area contributed by atoms with Crippen molar-refractivity contribution in [2.75, 3.05) is 0 Å². The van der Waals surface area contributed by atoms with Gasteiger partial charge in [-0.15, -0.1) is 0 Å². The van der Waals surface area contributed by atoms with E-state index in [4.69, 9.17) is 38.7 Å². The van der Waals surface area contributed by atoms with E-state index in [1.807, 2.05) is 200 Å². The Morgan fingerprint density at radius 3 is 1.16 bits per heavy atom. The van der Waals surface area contributed by atoms with Crippen molar-refractivity contribution >= 4 is 87.5 Å². The van der Waals surface area contributed by atoms with Crippen LogP contribution in [0.4, 0.5) is 26.3 Å². The third-order valence-electron chi connectivity index (χ3n) is 21.9. The van der Waals surface area contributed by atoms with Crippen LogP contribution in [-0.4, -0.2) is 39.0 Å². The van der Waals surface area contributed by atoms with Crippen LogP contribution < -0.4 is 0 Å². The Kier molecular flexibility index (Phi) is 15.8. The summed E-state index contributed by atoms with van der Waals surface area (Å²) >= 11 is 0. The highest BCUT2D eigenvalue weighted by molar-refractivity contribution is 6.20. The first-order chi connectivity index (χ1) is 56.2. The number of fused-ring (bicyclic) bond motifs is 12. The maximum absolute atomic E-state index is 14.8. The van der Waals surface area contributed by atoms with Crippen molar-refractivity contribution in [3.8, 4) is 124 Å². The fraction of sp³-hybridized carbons (Fsp3) is 0.0303. The van der Waals surface area contributed by atoms with E-state index in [0.717, 1.165) is 146 Å². The van der Waals surface area contributed by atoms with Gasteiger partial charge in [0.2, 0.25) is 0 Å². The molecule has 0 fully saturated rings. The van der Waals surface area contributed by atoms with Gasteiger partial charge in [-0.1, -0.05) is 231 Å². The van der Waals surface area contributed by atoms with Crippen LogP contribution in [0, 0.1) is 6.92 Å². The van der Waals surface area contributed by atoms with E-state index >= 15 is 0 Å². The number of hydrogen-bond acceptors (Lipinski definition) is 8. The molecule has 0 aliphatic heterocycles. The Balaban J connectivity index is 0.812. The van der Waals surface area contributed by atoms with Gasteiger partial charge < -0.3 is 18.0 Å². The van der Waals surface area contributed by atoms with E-state index in [2.05, 4.69) is 109 Å². The van der Waals surface area contributed by atoms with Gasteiger partial charge in [0.15, 0.2) is 34.9 Å². The normalized spacial score (nSPS) is 12.1. The number of para-hydroxylation sites is 3. The minimum atomic E-state index is -4.81. The number of hydrogen-bond donors (Lipinski definition) is 0. The van der Waals surface area contributed by atoms with Gasteiger partial charge in [-0.2, -0.15) is 26.3 Å². The summed E-state index contributed by atoms with van der Waals surface area (Å²) < 4.78 is 107. The molecule has 21 rings (SSSR count). The van der Waals surface area contributed by atoms with Crippen LogP contribution in [0.3, 0.4) is 0 Å². The summed E-state index contributed by atoms with van der Waals surface area (Å²) in [6.45, 7) is 2.12. The van der Waals surface area contributed by atoms with Gasteiger partial charge in [0, 0.05) is 82.0 Å². The molecule has 0 saturated heterocycles. The highest BCUT2D eigenvalue weighted by atomic mass is 19.4. The molecular formula is C99H58F6N8O2. The first-order valence-electron chi connectivity index (χ1n) is 37.4. The van der Waals surface area contributed by atoms with Crippen LogP contribution in [0.5, 0.6) is 0 Å². The third kappa shape index (κ3) is 11.6. The molecule has 15 aromatic carbocycles. The van der Waals surface area contributed by atoms with Crippen LogP contribution in [-0.2, 0) is 12.4 Å². The van der Waals surface area contributed by atoms with E-state index < -0.39 is 23.5 Å². The molecule has 548 valence electrons. The van der Waals surface area contributed by atoms with E-state index in [1.165, 1.54) is 12.1 Å². The average molecular weight is 1510 g/mol. The fourth-order valence-electron chi connectivity index (χ4n) is 16.5. The molecule has 0 bridgehead atoms. The number of nitrogens with zero attached hydrogens (tertiary/aromatic N) is 8. The van der Waals surface area contributed by atoms with Gasteiger partial charge in [-0.25, -0.2) is 29.9 Å². The SMILES string of the molecule is Cc1ccccc1-c1cc2c(cc1-c1ccc(-c3ccc(-n4c5ccc(C(F)(F)F)cc5c5cc(C(F)(F)F)ccc54)c(-c4nc(-c5ccccc5)nc(-c5ccccc5)n4)c3)c3c1oc1ccccc13)c1ccccc1n2-c1ccc(-c2cccc3oc4ccccc4c23)cc1-c1nc(-c2ccccc2)nc(-c2ccccc2)n1. The van der Waals surface area contributed by atoms with Gasteiger partial charge in [0.25, 0.3) is 0 Å². The summed E-state index contributed by atoms with van der Waals surface area (Å²) in [6, 6.07) is 105. The molecule has 0 N–H and O–H groups in total. The van der Waals surface area contributed by atoms with Crippen LogP contribution in [0.15, 0.2) is 342 Å². The maximum atomic E-state index is 14.8. The monoisotopic (exact) mass is 1500 g/mol. The summed E-state index contributed by atoms with van der Waals surface area (Å²) in [5.74, 6) is 2.33. The van der Waals surface area contributed by atoms with E-state index in [0.29, 0.717) is 68.2 Å². The quantitative estimate of drug-likeness (QED) is 0.111. The van der Waals surface area contributed by atoms with Crippen LogP contribution in [0.25, 0.3) is 212 Å².